The molecular formula is C20H14FN3O3. The highest BCUT2D eigenvalue weighted by Gasteiger charge is 2.56. The van der Waals surface area contributed by atoms with Gasteiger partial charge in [0.05, 0.1) is 24.1 Å². The molecule has 2 aliphatic rings. The third-order valence-corrected chi connectivity index (χ3v) is 4.97. The molecule has 0 saturated carbocycles. The van der Waals surface area contributed by atoms with E-state index in [4.69, 9.17) is 4.42 Å². The predicted octanol–water partition coefficient (Wildman–Crippen LogP) is 3.29. The number of fused-ring (bicyclic) bond motifs is 3. The lowest BCUT2D eigenvalue weighted by molar-refractivity contribution is -0.125. The van der Waals surface area contributed by atoms with E-state index in [0.29, 0.717) is 28.3 Å². The first-order chi connectivity index (χ1) is 13.1. The molecule has 134 valence electrons. The second-order valence-corrected chi connectivity index (χ2v) is 6.50. The third kappa shape index (κ3) is 2.11. The van der Waals surface area contributed by atoms with Crippen LogP contribution in [-0.4, -0.2) is 16.7 Å². The van der Waals surface area contributed by atoms with Crippen LogP contribution in [0, 0.1) is 5.82 Å². The predicted molar refractivity (Wildman–Crippen MR) is 95.4 cm³/mol. The average molecular weight is 363 g/mol. The van der Waals surface area contributed by atoms with Crippen molar-refractivity contribution < 1.29 is 18.4 Å². The SMILES string of the molecule is O=C1c2ccccc2NC2(C(=O)Nc3cc(F)ccc32)N1Cc1ccco1. The highest BCUT2D eigenvalue weighted by atomic mass is 19.1. The van der Waals surface area contributed by atoms with E-state index in [1.54, 1.807) is 36.4 Å². The summed E-state index contributed by atoms with van der Waals surface area (Å²) in [6.45, 7) is 0.0808. The Labute approximate surface area is 153 Å². The Balaban J connectivity index is 1.74. The number of nitrogens with zero attached hydrogens (tertiary/aromatic N) is 1. The molecule has 2 amide bonds. The van der Waals surface area contributed by atoms with Gasteiger partial charge in [0.2, 0.25) is 5.66 Å². The highest BCUT2D eigenvalue weighted by molar-refractivity contribution is 6.14. The van der Waals surface area contributed by atoms with Crippen molar-refractivity contribution in [2.24, 2.45) is 0 Å². The van der Waals surface area contributed by atoms with Crippen LogP contribution in [0.15, 0.2) is 65.3 Å². The molecule has 2 aromatic carbocycles. The van der Waals surface area contributed by atoms with Gasteiger partial charge in [0.25, 0.3) is 11.8 Å². The number of amides is 2. The van der Waals surface area contributed by atoms with Gasteiger partial charge in [-0.25, -0.2) is 4.39 Å². The second-order valence-electron chi connectivity index (χ2n) is 6.50. The molecule has 1 aromatic heterocycles. The van der Waals surface area contributed by atoms with Crippen LogP contribution in [0.3, 0.4) is 0 Å². The van der Waals surface area contributed by atoms with E-state index in [-0.39, 0.29) is 12.5 Å². The first kappa shape index (κ1) is 15.6. The monoisotopic (exact) mass is 363 g/mol. The zero-order valence-electron chi connectivity index (χ0n) is 14.0. The van der Waals surface area contributed by atoms with Crippen LogP contribution in [0.5, 0.6) is 0 Å². The van der Waals surface area contributed by atoms with E-state index < -0.39 is 17.4 Å². The lowest BCUT2D eigenvalue weighted by Gasteiger charge is -2.44. The molecule has 2 N–H and O–H groups in total. The van der Waals surface area contributed by atoms with E-state index >= 15 is 0 Å². The number of hydrogen-bond donors (Lipinski definition) is 2. The van der Waals surface area contributed by atoms with Crippen molar-refractivity contribution in [1.29, 1.82) is 0 Å². The summed E-state index contributed by atoms with van der Waals surface area (Å²) in [6.07, 6.45) is 1.51. The summed E-state index contributed by atoms with van der Waals surface area (Å²) in [7, 11) is 0. The fourth-order valence-corrected chi connectivity index (χ4v) is 3.75. The van der Waals surface area contributed by atoms with Gasteiger partial charge in [0.1, 0.15) is 11.6 Å². The van der Waals surface area contributed by atoms with E-state index in [9.17, 15) is 14.0 Å². The van der Waals surface area contributed by atoms with Crippen LogP contribution in [0.1, 0.15) is 21.7 Å². The maximum Gasteiger partial charge on any atom is 0.276 e. The van der Waals surface area contributed by atoms with Gasteiger partial charge < -0.3 is 15.1 Å². The highest BCUT2D eigenvalue weighted by Crippen LogP contribution is 2.46. The maximum atomic E-state index is 13.7. The normalized spacial score (nSPS) is 20.3. The first-order valence-electron chi connectivity index (χ1n) is 8.42. The van der Waals surface area contributed by atoms with E-state index in [2.05, 4.69) is 10.6 Å². The fraction of sp³-hybridized carbons (Fsp3) is 0.100. The summed E-state index contributed by atoms with van der Waals surface area (Å²) < 4.78 is 19.1. The van der Waals surface area contributed by atoms with Crippen molar-refractivity contribution in [2.45, 2.75) is 12.2 Å². The van der Waals surface area contributed by atoms with Crippen molar-refractivity contribution in [3.63, 3.8) is 0 Å². The number of halogens is 1. The lowest BCUT2D eigenvalue weighted by atomic mass is 9.92. The number of furan rings is 1. The van der Waals surface area contributed by atoms with Gasteiger partial charge in [0, 0.05) is 11.3 Å². The molecule has 3 aromatic rings. The number of anilines is 2. The molecule has 0 radical (unpaired) electrons. The zero-order valence-corrected chi connectivity index (χ0v) is 14.0. The van der Waals surface area contributed by atoms with Crippen LogP contribution < -0.4 is 10.6 Å². The molecule has 0 bridgehead atoms. The van der Waals surface area contributed by atoms with Gasteiger partial charge in [-0.2, -0.15) is 0 Å². The molecule has 6 nitrogen and oxygen atoms in total. The number of rotatable bonds is 2. The number of hydrogen-bond acceptors (Lipinski definition) is 4. The van der Waals surface area contributed by atoms with Crippen LogP contribution in [0.4, 0.5) is 15.8 Å². The molecule has 1 unspecified atom stereocenters. The number of benzene rings is 2. The Morgan fingerprint density at radius 2 is 1.89 bits per heavy atom. The zero-order chi connectivity index (χ0) is 18.6. The number of nitrogens with one attached hydrogen (secondary N) is 2. The Kier molecular flexibility index (Phi) is 3.15. The van der Waals surface area contributed by atoms with Gasteiger partial charge in [-0.1, -0.05) is 12.1 Å². The second kappa shape index (κ2) is 5.44. The molecule has 1 spiro atoms. The fourth-order valence-electron chi connectivity index (χ4n) is 3.75. The number of para-hydroxylation sites is 1. The van der Waals surface area contributed by atoms with E-state index in [0.717, 1.165) is 0 Å². The Morgan fingerprint density at radius 3 is 2.70 bits per heavy atom. The molecule has 0 fully saturated rings. The molecule has 0 saturated heterocycles. The largest absolute Gasteiger partial charge is 0.467 e. The van der Waals surface area contributed by atoms with Crippen molar-refractivity contribution in [3.05, 3.63) is 83.6 Å². The number of carbonyl (C=O) groups is 2. The molecule has 0 aliphatic carbocycles. The minimum absolute atomic E-state index is 0.0808. The summed E-state index contributed by atoms with van der Waals surface area (Å²) in [5, 5.41) is 5.91. The molecule has 2 aliphatic heterocycles. The Hall–Kier alpha value is -3.61. The molecule has 1 atom stereocenters. The van der Waals surface area contributed by atoms with Crippen molar-refractivity contribution >= 4 is 23.2 Å². The maximum absolute atomic E-state index is 13.7. The lowest BCUT2D eigenvalue weighted by Crippen LogP contribution is -2.60. The van der Waals surface area contributed by atoms with Gasteiger partial charge >= 0.3 is 0 Å². The Bertz CT molecular complexity index is 1080. The summed E-state index contributed by atoms with van der Waals surface area (Å²) >= 11 is 0. The topological polar surface area (TPSA) is 74.6 Å². The summed E-state index contributed by atoms with van der Waals surface area (Å²) in [5.41, 5.74) is 0.345. The molecular weight excluding hydrogens is 349 g/mol. The summed E-state index contributed by atoms with van der Waals surface area (Å²) in [4.78, 5) is 27.8. The van der Waals surface area contributed by atoms with Crippen molar-refractivity contribution in [2.75, 3.05) is 10.6 Å². The standard InChI is InChI=1S/C20H14FN3O3/c21-12-7-8-15-17(10-12)22-19(26)20(15)23-16-6-2-1-5-14(16)18(25)24(20)11-13-4-3-9-27-13/h1-10,23H,11H2,(H,22,26). The number of carbonyl (C=O) groups excluding carboxylic acids is 2. The van der Waals surface area contributed by atoms with E-state index in [1.807, 2.05) is 0 Å². The van der Waals surface area contributed by atoms with Crippen molar-refractivity contribution in [3.8, 4) is 0 Å². The van der Waals surface area contributed by atoms with Crippen LogP contribution in [0.2, 0.25) is 0 Å². The van der Waals surface area contributed by atoms with Crippen LogP contribution in [-0.2, 0) is 17.0 Å². The smallest absolute Gasteiger partial charge is 0.276 e. The molecule has 5 rings (SSSR count). The van der Waals surface area contributed by atoms with E-state index in [1.165, 1.54) is 29.4 Å². The van der Waals surface area contributed by atoms with Gasteiger partial charge in [-0.3, -0.25) is 14.5 Å². The van der Waals surface area contributed by atoms with Crippen molar-refractivity contribution in [1.82, 2.24) is 4.90 Å². The molecule has 3 heterocycles. The molecule has 7 heteroatoms. The summed E-state index contributed by atoms with van der Waals surface area (Å²) in [6, 6.07) is 14.5. The third-order valence-electron chi connectivity index (χ3n) is 4.97. The van der Waals surface area contributed by atoms with Gasteiger partial charge in [-0.15, -0.1) is 0 Å². The average Bonchev–Trinajstić information content (AvgIpc) is 3.25. The summed E-state index contributed by atoms with van der Waals surface area (Å²) in [5.74, 6) is -0.691. The van der Waals surface area contributed by atoms with Crippen LogP contribution in [0.25, 0.3) is 0 Å². The quantitative estimate of drug-likeness (QED) is 0.733. The minimum Gasteiger partial charge on any atom is -0.467 e. The first-order valence-corrected chi connectivity index (χ1v) is 8.42. The van der Waals surface area contributed by atoms with Crippen LogP contribution >= 0.6 is 0 Å². The minimum atomic E-state index is -1.48. The Morgan fingerprint density at radius 1 is 1.04 bits per heavy atom. The molecule has 27 heavy (non-hydrogen) atoms. The van der Waals surface area contributed by atoms with Gasteiger partial charge in [0.15, 0.2) is 0 Å². The van der Waals surface area contributed by atoms with Gasteiger partial charge in [-0.05, 0) is 42.5 Å².